The lowest BCUT2D eigenvalue weighted by Crippen LogP contribution is -2.11. The van der Waals surface area contributed by atoms with Gasteiger partial charge >= 0.3 is 0 Å². The second-order valence-corrected chi connectivity index (χ2v) is 6.12. The lowest BCUT2D eigenvalue weighted by atomic mass is 10.1. The fourth-order valence-corrected chi connectivity index (χ4v) is 3.02. The van der Waals surface area contributed by atoms with Crippen LogP contribution in [0.5, 0.6) is 0 Å². The van der Waals surface area contributed by atoms with Crippen LogP contribution in [0.2, 0.25) is 0 Å². The predicted octanol–water partition coefficient (Wildman–Crippen LogP) is 5.17. The Bertz CT molecular complexity index is 569. The van der Waals surface area contributed by atoms with Crippen molar-refractivity contribution in [2.75, 3.05) is 0 Å². The van der Waals surface area contributed by atoms with Crippen LogP contribution in [0.15, 0.2) is 40.9 Å². The van der Waals surface area contributed by atoms with Gasteiger partial charge in [-0.3, -0.25) is 0 Å². The Morgan fingerprint density at radius 1 is 0.941 bits per heavy atom. The fraction of sp³-hybridized carbons (Fsp3) is 0.0769. The maximum Gasteiger partial charge on any atom is 0.299 e. The first-order chi connectivity index (χ1) is 8.00. The van der Waals surface area contributed by atoms with Crippen molar-refractivity contribution in [3.63, 3.8) is 0 Å². The number of rotatable bonds is 0. The Kier molecular flexibility index (Phi) is 2.56. The molecule has 0 saturated carbocycles. The molecule has 0 atom stereocenters. The Morgan fingerprint density at radius 2 is 1.53 bits per heavy atom. The highest BCUT2D eigenvalue weighted by molar-refractivity contribution is 14.1. The zero-order valence-corrected chi connectivity index (χ0v) is 12.2. The van der Waals surface area contributed by atoms with Gasteiger partial charge in [0.1, 0.15) is 0 Å². The van der Waals surface area contributed by atoms with Gasteiger partial charge in [0, 0.05) is 19.2 Å². The molecule has 0 spiro atoms. The topological polar surface area (TPSA) is 0 Å². The van der Waals surface area contributed by atoms with Crippen molar-refractivity contribution in [2.45, 2.75) is 5.92 Å². The molecule has 0 aromatic heterocycles. The minimum absolute atomic E-state index is 0.0869. The van der Waals surface area contributed by atoms with Crippen LogP contribution in [0.4, 0.5) is 8.78 Å². The third-order valence-corrected chi connectivity index (χ3v) is 4.09. The molecular formula is C13H6BrF2I. The molecule has 0 radical (unpaired) electrons. The van der Waals surface area contributed by atoms with Crippen LogP contribution in [0.25, 0.3) is 11.1 Å². The monoisotopic (exact) mass is 406 g/mol. The van der Waals surface area contributed by atoms with E-state index >= 15 is 0 Å². The van der Waals surface area contributed by atoms with Gasteiger partial charge in [0.05, 0.1) is 0 Å². The molecule has 1 aliphatic carbocycles. The normalized spacial score (nSPS) is 15.5. The van der Waals surface area contributed by atoms with E-state index in [0.717, 1.165) is 3.57 Å². The van der Waals surface area contributed by atoms with Gasteiger partial charge in [-0.25, -0.2) is 0 Å². The van der Waals surface area contributed by atoms with Gasteiger partial charge in [-0.2, -0.15) is 8.78 Å². The molecule has 0 amide bonds. The molecule has 0 fully saturated rings. The van der Waals surface area contributed by atoms with Crippen molar-refractivity contribution in [3.05, 3.63) is 55.6 Å². The lowest BCUT2D eigenvalue weighted by molar-refractivity contribution is 0.0479. The van der Waals surface area contributed by atoms with E-state index in [1.807, 2.05) is 6.07 Å². The van der Waals surface area contributed by atoms with Gasteiger partial charge < -0.3 is 0 Å². The van der Waals surface area contributed by atoms with E-state index in [2.05, 4.69) is 38.5 Å². The number of hydrogen-bond donors (Lipinski definition) is 0. The molecule has 2 aromatic carbocycles. The summed E-state index contributed by atoms with van der Waals surface area (Å²) in [6.07, 6.45) is 0. The third-order valence-electron chi connectivity index (χ3n) is 2.93. The minimum atomic E-state index is -2.89. The van der Waals surface area contributed by atoms with Gasteiger partial charge in [0.15, 0.2) is 0 Å². The number of hydrogen-bond acceptors (Lipinski definition) is 0. The molecule has 0 aliphatic heterocycles. The Labute approximate surface area is 119 Å². The molecular weight excluding hydrogens is 401 g/mol. The van der Waals surface area contributed by atoms with E-state index in [1.54, 1.807) is 24.3 Å². The van der Waals surface area contributed by atoms with Crippen molar-refractivity contribution in [1.82, 2.24) is 0 Å². The molecule has 3 rings (SSSR count). The van der Waals surface area contributed by atoms with Crippen LogP contribution in [-0.4, -0.2) is 0 Å². The van der Waals surface area contributed by atoms with Crippen LogP contribution in [0.3, 0.4) is 0 Å². The smallest absolute Gasteiger partial charge is 0.196 e. The minimum Gasteiger partial charge on any atom is -0.196 e. The average Bonchev–Trinajstić information content (AvgIpc) is 2.49. The maximum absolute atomic E-state index is 14.3. The Morgan fingerprint density at radius 3 is 2.24 bits per heavy atom. The number of benzene rings is 2. The zero-order valence-electron chi connectivity index (χ0n) is 8.48. The summed E-state index contributed by atoms with van der Waals surface area (Å²) >= 11 is 5.29. The van der Waals surface area contributed by atoms with Crippen LogP contribution < -0.4 is 0 Å². The van der Waals surface area contributed by atoms with E-state index in [0.29, 0.717) is 15.6 Å². The van der Waals surface area contributed by atoms with Gasteiger partial charge in [-0.15, -0.1) is 0 Å². The number of alkyl halides is 2. The first-order valence-corrected chi connectivity index (χ1v) is 6.85. The van der Waals surface area contributed by atoms with Crippen molar-refractivity contribution in [1.29, 1.82) is 0 Å². The highest BCUT2D eigenvalue weighted by Gasteiger charge is 2.44. The van der Waals surface area contributed by atoms with E-state index in [4.69, 9.17) is 0 Å². The molecule has 0 nitrogen and oxygen atoms in total. The second-order valence-electron chi connectivity index (χ2n) is 3.95. The van der Waals surface area contributed by atoms with Crippen LogP contribution in [0.1, 0.15) is 11.1 Å². The fourth-order valence-electron chi connectivity index (χ4n) is 2.17. The Hall–Kier alpha value is -0.490. The molecule has 4 heteroatoms. The van der Waals surface area contributed by atoms with Crippen LogP contribution in [0, 0.1) is 3.57 Å². The molecule has 2 aromatic rings. The number of halogens is 4. The van der Waals surface area contributed by atoms with Gasteiger partial charge in [-0.05, 0) is 58.0 Å². The third kappa shape index (κ3) is 1.64. The predicted molar refractivity (Wildman–Crippen MR) is 75.3 cm³/mol. The molecule has 1 aliphatic rings. The summed E-state index contributed by atoms with van der Waals surface area (Å²) in [5, 5.41) is 0. The molecule has 0 saturated heterocycles. The highest BCUT2D eigenvalue weighted by atomic mass is 127. The largest absolute Gasteiger partial charge is 0.299 e. The van der Waals surface area contributed by atoms with E-state index < -0.39 is 5.92 Å². The van der Waals surface area contributed by atoms with Crippen molar-refractivity contribution in [2.24, 2.45) is 0 Å². The molecule has 0 unspecified atom stereocenters. The first-order valence-electron chi connectivity index (χ1n) is 4.98. The van der Waals surface area contributed by atoms with Gasteiger partial charge in [0.2, 0.25) is 0 Å². The zero-order chi connectivity index (χ0) is 12.2. The van der Waals surface area contributed by atoms with Crippen LogP contribution >= 0.6 is 38.5 Å². The van der Waals surface area contributed by atoms with E-state index in [1.165, 1.54) is 6.07 Å². The SMILES string of the molecule is FC1(F)c2cc(Br)ccc2-c2ccc(I)cc21. The molecule has 17 heavy (non-hydrogen) atoms. The molecule has 0 bridgehead atoms. The molecule has 0 heterocycles. The summed E-state index contributed by atoms with van der Waals surface area (Å²) < 4.78 is 30.0. The summed E-state index contributed by atoms with van der Waals surface area (Å²) in [6.45, 7) is 0. The average molecular weight is 407 g/mol. The van der Waals surface area contributed by atoms with Gasteiger partial charge in [-0.1, -0.05) is 28.1 Å². The standard InChI is InChI=1S/C13H6BrF2I/c14-7-1-3-9-10-4-2-8(17)6-12(10)13(15,16)11(9)5-7/h1-6H. The van der Waals surface area contributed by atoms with Crippen molar-refractivity contribution in [3.8, 4) is 11.1 Å². The summed E-state index contributed by atoms with van der Waals surface area (Å²) in [4.78, 5) is 0. The Balaban J connectivity index is 2.37. The van der Waals surface area contributed by atoms with Gasteiger partial charge in [0.25, 0.3) is 5.92 Å². The van der Waals surface area contributed by atoms with E-state index in [9.17, 15) is 8.78 Å². The van der Waals surface area contributed by atoms with Crippen LogP contribution in [-0.2, 0) is 5.92 Å². The molecule has 0 N–H and O–H groups in total. The first kappa shape index (κ1) is 11.6. The summed E-state index contributed by atoms with van der Waals surface area (Å²) in [7, 11) is 0. The summed E-state index contributed by atoms with van der Waals surface area (Å²) in [5.74, 6) is -2.89. The second kappa shape index (κ2) is 3.75. The number of fused-ring (bicyclic) bond motifs is 3. The van der Waals surface area contributed by atoms with E-state index in [-0.39, 0.29) is 11.1 Å². The summed E-state index contributed by atoms with van der Waals surface area (Å²) in [6, 6.07) is 10.2. The summed E-state index contributed by atoms with van der Waals surface area (Å²) in [5.41, 5.74) is 1.46. The maximum atomic E-state index is 14.3. The quantitative estimate of drug-likeness (QED) is 0.529. The molecule has 86 valence electrons. The lowest BCUT2D eigenvalue weighted by Gasteiger charge is -2.12. The van der Waals surface area contributed by atoms with Crippen molar-refractivity contribution < 1.29 is 8.78 Å². The highest BCUT2D eigenvalue weighted by Crippen LogP contribution is 2.51. The van der Waals surface area contributed by atoms with Crippen molar-refractivity contribution >= 4 is 38.5 Å².